The normalized spacial score (nSPS) is 10.5. The molecule has 0 fully saturated rings. The van der Waals surface area contributed by atoms with Gasteiger partial charge in [-0.05, 0) is 42.7 Å². The van der Waals surface area contributed by atoms with Crippen molar-refractivity contribution < 1.29 is 13.9 Å². The van der Waals surface area contributed by atoms with Gasteiger partial charge >= 0.3 is 0 Å². The number of para-hydroxylation sites is 1. The van der Waals surface area contributed by atoms with Gasteiger partial charge in [0.2, 0.25) is 0 Å². The van der Waals surface area contributed by atoms with Gasteiger partial charge in [-0.2, -0.15) is 0 Å². The number of nitrogens with one attached hydrogen (secondary N) is 1. The fourth-order valence-corrected chi connectivity index (χ4v) is 2.96. The molecule has 5 nitrogen and oxygen atoms in total. The molecule has 0 bridgehead atoms. The van der Waals surface area contributed by atoms with Gasteiger partial charge in [0, 0.05) is 5.69 Å². The van der Waals surface area contributed by atoms with Gasteiger partial charge < -0.3 is 10.1 Å². The van der Waals surface area contributed by atoms with Crippen molar-refractivity contribution in [1.82, 2.24) is 14.9 Å². The molecule has 1 N–H and O–H groups in total. The molecule has 0 saturated carbocycles. The summed E-state index contributed by atoms with van der Waals surface area (Å²) >= 11 is 1.41. The summed E-state index contributed by atoms with van der Waals surface area (Å²) in [6.07, 6.45) is 3.39. The van der Waals surface area contributed by atoms with Crippen LogP contribution >= 0.6 is 11.8 Å². The van der Waals surface area contributed by atoms with Crippen LogP contribution in [0.4, 0.5) is 4.39 Å². The molecule has 0 spiro atoms. The second-order valence-electron chi connectivity index (χ2n) is 5.36. The first-order chi connectivity index (χ1) is 12.7. The SMILES string of the molecule is CSc1ncc(C(=O)NCCOc2ccccc2)n1-c1ccc(F)cc1. The van der Waals surface area contributed by atoms with Gasteiger partial charge in [-0.25, -0.2) is 9.37 Å². The molecule has 0 radical (unpaired) electrons. The van der Waals surface area contributed by atoms with Gasteiger partial charge in [0.15, 0.2) is 5.16 Å². The van der Waals surface area contributed by atoms with Crippen LogP contribution in [0.15, 0.2) is 66.0 Å². The summed E-state index contributed by atoms with van der Waals surface area (Å²) < 4.78 is 20.5. The van der Waals surface area contributed by atoms with Crippen molar-refractivity contribution in [3.63, 3.8) is 0 Å². The first kappa shape index (κ1) is 18.0. The number of halogens is 1. The van der Waals surface area contributed by atoms with E-state index in [9.17, 15) is 9.18 Å². The molecule has 0 aliphatic carbocycles. The molecule has 3 rings (SSSR count). The molecule has 1 amide bonds. The molecule has 0 aliphatic heterocycles. The zero-order chi connectivity index (χ0) is 18.4. The van der Waals surface area contributed by atoms with Crippen LogP contribution in [0.3, 0.4) is 0 Å². The third-order valence-corrected chi connectivity index (χ3v) is 4.28. The Kier molecular flexibility index (Phi) is 5.91. The van der Waals surface area contributed by atoms with E-state index < -0.39 is 0 Å². The Balaban J connectivity index is 1.67. The number of aromatic nitrogens is 2. The van der Waals surface area contributed by atoms with E-state index in [1.165, 1.54) is 30.1 Å². The molecule has 26 heavy (non-hydrogen) atoms. The van der Waals surface area contributed by atoms with E-state index in [1.54, 1.807) is 16.7 Å². The van der Waals surface area contributed by atoms with Crippen molar-refractivity contribution in [1.29, 1.82) is 0 Å². The van der Waals surface area contributed by atoms with Gasteiger partial charge in [-0.15, -0.1) is 0 Å². The molecule has 2 aromatic carbocycles. The Morgan fingerprint density at radius 1 is 1.19 bits per heavy atom. The fraction of sp³-hybridized carbons (Fsp3) is 0.158. The minimum atomic E-state index is -0.330. The maximum atomic E-state index is 13.2. The monoisotopic (exact) mass is 371 g/mol. The standard InChI is InChI=1S/C19H18FN3O2S/c1-26-19-22-13-17(23(19)15-9-7-14(20)8-10-15)18(24)21-11-12-25-16-5-3-2-4-6-16/h2-10,13H,11-12H2,1H3,(H,21,24). The number of hydrogen-bond donors (Lipinski definition) is 1. The number of carbonyl (C=O) groups excluding carboxylic acids is 1. The van der Waals surface area contributed by atoms with Gasteiger partial charge in [0.25, 0.3) is 5.91 Å². The maximum Gasteiger partial charge on any atom is 0.270 e. The summed E-state index contributed by atoms with van der Waals surface area (Å²) in [6.45, 7) is 0.715. The number of carbonyl (C=O) groups is 1. The number of ether oxygens (including phenoxy) is 1. The lowest BCUT2D eigenvalue weighted by molar-refractivity contribution is 0.0939. The summed E-state index contributed by atoms with van der Waals surface area (Å²) in [7, 11) is 0. The highest BCUT2D eigenvalue weighted by atomic mass is 32.2. The average molecular weight is 371 g/mol. The van der Waals surface area contributed by atoms with E-state index in [0.717, 1.165) is 5.75 Å². The zero-order valence-corrected chi connectivity index (χ0v) is 15.0. The molecular weight excluding hydrogens is 353 g/mol. The van der Waals surface area contributed by atoms with Crippen LogP contribution in [0.2, 0.25) is 0 Å². The molecule has 0 atom stereocenters. The lowest BCUT2D eigenvalue weighted by Crippen LogP contribution is -2.29. The third kappa shape index (κ3) is 4.23. The van der Waals surface area contributed by atoms with Crippen molar-refractivity contribution in [3.05, 3.63) is 72.3 Å². The second kappa shape index (κ2) is 8.53. The Morgan fingerprint density at radius 3 is 2.62 bits per heavy atom. The molecule has 134 valence electrons. The number of nitrogens with zero attached hydrogens (tertiary/aromatic N) is 2. The molecule has 3 aromatic rings. The predicted octanol–water partition coefficient (Wildman–Crippen LogP) is 3.54. The lowest BCUT2D eigenvalue weighted by atomic mass is 10.3. The number of benzene rings is 2. The Hall–Kier alpha value is -2.80. The summed E-state index contributed by atoms with van der Waals surface area (Å²) in [5.41, 5.74) is 1.07. The minimum absolute atomic E-state index is 0.265. The Labute approximate surface area is 155 Å². The van der Waals surface area contributed by atoms with Crippen molar-refractivity contribution in [2.45, 2.75) is 5.16 Å². The predicted molar refractivity (Wildman–Crippen MR) is 99.6 cm³/mol. The average Bonchev–Trinajstić information content (AvgIpc) is 3.11. The molecule has 7 heteroatoms. The number of amides is 1. The quantitative estimate of drug-likeness (QED) is 0.510. The van der Waals surface area contributed by atoms with Crippen molar-refractivity contribution >= 4 is 17.7 Å². The van der Waals surface area contributed by atoms with E-state index >= 15 is 0 Å². The van der Waals surface area contributed by atoms with E-state index in [2.05, 4.69) is 10.3 Å². The molecule has 1 heterocycles. The van der Waals surface area contributed by atoms with E-state index in [0.29, 0.717) is 29.7 Å². The van der Waals surface area contributed by atoms with Gasteiger partial charge in [-0.1, -0.05) is 30.0 Å². The molecule has 0 saturated heterocycles. The zero-order valence-electron chi connectivity index (χ0n) is 14.2. The molecule has 1 aromatic heterocycles. The van der Waals surface area contributed by atoms with Crippen molar-refractivity contribution in [2.75, 3.05) is 19.4 Å². The fourth-order valence-electron chi connectivity index (χ4n) is 2.42. The van der Waals surface area contributed by atoms with E-state index in [4.69, 9.17) is 4.74 Å². The summed E-state index contributed by atoms with van der Waals surface area (Å²) in [5.74, 6) is 0.158. The van der Waals surface area contributed by atoms with Crippen LogP contribution in [0.5, 0.6) is 5.75 Å². The highest BCUT2D eigenvalue weighted by Gasteiger charge is 2.17. The van der Waals surface area contributed by atoms with Crippen LogP contribution in [-0.2, 0) is 0 Å². The smallest absolute Gasteiger partial charge is 0.270 e. The van der Waals surface area contributed by atoms with Crippen LogP contribution in [-0.4, -0.2) is 34.9 Å². The largest absolute Gasteiger partial charge is 0.492 e. The Bertz CT molecular complexity index is 866. The highest BCUT2D eigenvalue weighted by molar-refractivity contribution is 7.98. The van der Waals surface area contributed by atoms with E-state index in [1.807, 2.05) is 36.6 Å². The first-order valence-corrected chi connectivity index (χ1v) is 9.25. The Morgan fingerprint density at radius 2 is 1.92 bits per heavy atom. The van der Waals surface area contributed by atoms with Crippen LogP contribution < -0.4 is 10.1 Å². The first-order valence-electron chi connectivity index (χ1n) is 8.03. The summed E-state index contributed by atoms with van der Waals surface area (Å²) in [6, 6.07) is 15.3. The van der Waals surface area contributed by atoms with Crippen molar-refractivity contribution in [2.24, 2.45) is 0 Å². The second-order valence-corrected chi connectivity index (χ2v) is 6.13. The van der Waals surface area contributed by atoms with Crippen LogP contribution in [0.1, 0.15) is 10.5 Å². The third-order valence-electron chi connectivity index (χ3n) is 3.63. The minimum Gasteiger partial charge on any atom is -0.492 e. The van der Waals surface area contributed by atoms with Gasteiger partial charge in [0.05, 0.1) is 12.7 Å². The summed E-state index contributed by atoms with van der Waals surface area (Å²) in [5, 5.41) is 3.47. The lowest BCUT2D eigenvalue weighted by Gasteiger charge is -2.11. The van der Waals surface area contributed by atoms with Crippen LogP contribution in [0, 0.1) is 5.82 Å². The van der Waals surface area contributed by atoms with Crippen LogP contribution in [0.25, 0.3) is 5.69 Å². The van der Waals surface area contributed by atoms with E-state index in [-0.39, 0.29) is 11.7 Å². The molecular formula is C19H18FN3O2S. The molecule has 0 aliphatic rings. The number of rotatable bonds is 7. The maximum absolute atomic E-state index is 13.2. The summed E-state index contributed by atoms with van der Waals surface area (Å²) in [4.78, 5) is 16.8. The van der Waals surface area contributed by atoms with Gasteiger partial charge in [-0.3, -0.25) is 9.36 Å². The number of imidazole rings is 1. The molecule has 0 unspecified atom stereocenters. The van der Waals surface area contributed by atoms with Crippen molar-refractivity contribution in [3.8, 4) is 11.4 Å². The number of thioether (sulfide) groups is 1. The highest BCUT2D eigenvalue weighted by Crippen LogP contribution is 2.22. The number of hydrogen-bond acceptors (Lipinski definition) is 4. The topological polar surface area (TPSA) is 56.1 Å². The van der Waals surface area contributed by atoms with Gasteiger partial charge in [0.1, 0.15) is 23.9 Å².